The molecule has 1 aliphatic heterocycles. The second kappa shape index (κ2) is 7.15. The molecule has 144 valence electrons. The van der Waals surface area contributed by atoms with Gasteiger partial charge in [-0.15, -0.1) is 6.58 Å². The first-order valence-electron chi connectivity index (χ1n) is 9.47. The first kappa shape index (κ1) is 18.3. The van der Waals surface area contributed by atoms with Gasteiger partial charge in [0.15, 0.2) is 6.73 Å². The van der Waals surface area contributed by atoms with Crippen LogP contribution in [0.25, 0.3) is 11.1 Å². The number of rotatable bonds is 5. The van der Waals surface area contributed by atoms with Crippen LogP contribution in [0.4, 0.5) is 4.79 Å². The van der Waals surface area contributed by atoms with Crippen molar-refractivity contribution in [2.75, 3.05) is 13.3 Å². The maximum atomic E-state index is 12.8. The number of amides is 1. The zero-order chi connectivity index (χ0) is 19.7. The Balaban J connectivity index is 1.52. The molecule has 0 bridgehead atoms. The van der Waals surface area contributed by atoms with Crippen LogP contribution in [0.15, 0.2) is 61.2 Å². The van der Waals surface area contributed by atoms with Crippen molar-refractivity contribution in [3.8, 4) is 11.1 Å². The van der Waals surface area contributed by atoms with Crippen LogP contribution < -0.4 is 0 Å². The smallest absolute Gasteiger partial charge is 0.413 e. The monoisotopic (exact) mass is 377 g/mol. The number of cyclic esters (lactones) is 1. The van der Waals surface area contributed by atoms with Crippen LogP contribution in [0.3, 0.4) is 0 Å². The van der Waals surface area contributed by atoms with E-state index in [1.54, 1.807) is 13.0 Å². The fourth-order valence-electron chi connectivity index (χ4n) is 4.08. The third-order valence-corrected chi connectivity index (χ3v) is 5.75. The van der Waals surface area contributed by atoms with Crippen LogP contribution in [0.1, 0.15) is 36.8 Å². The molecule has 2 aromatic carbocycles. The molecule has 28 heavy (non-hydrogen) atoms. The van der Waals surface area contributed by atoms with Crippen LogP contribution >= 0.6 is 0 Å². The number of carbonyl (C=O) groups is 2. The van der Waals surface area contributed by atoms with Crippen molar-refractivity contribution in [1.82, 2.24) is 4.90 Å². The molecule has 1 heterocycles. The number of carbonyl (C=O) groups excluding carboxylic acids is 2. The topological polar surface area (TPSA) is 55.8 Å². The third-order valence-electron chi connectivity index (χ3n) is 5.75. The Morgan fingerprint density at radius 1 is 1.21 bits per heavy atom. The Bertz CT molecular complexity index is 892. The highest BCUT2D eigenvalue weighted by molar-refractivity contribution is 5.88. The van der Waals surface area contributed by atoms with Crippen LogP contribution in [-0.2, 0) is 14.3 Å². The van der Waals surface area contributed by atoms with Gasteiger partial charge in [-0.25, -0.2) is 9.59 Å². The molecule has 0 saturated carbocycles. The fourth-order valence-corrected chi connectivity index (χ4v) is 4.08. The van der Waals surface area contributed by atoms with Crippen LogP contribution in [0.5, 0.6) is 0 Å². The molecular formula is C23H23NO4. The number of esters is 1. The number of allylic oxidation sites excluding steroid dienone is 1. The Labute approximate surface area is 164 Å². The van der Waals surface area contributed by atoms with Crippen molar-refractivity contribution in [3.05, 3.63) is 72.3 Å². The lowest BCUT2D eigenvalue weighted by atomic mass is 9.95. The molecular weight excluding hydrogens is 354 g/mol. The molecule has 2 aliphatic rings. The molecule has 4 rings (SSSR count). The number of hydrogen-bond donors (Lipinski definition) is 0. The van der Waals surface area contributed by atoms with Crippen molar-refractivity contribution in [1.29, 1.82) is 0 Å². The van der Waals surface area contributed by atoms with E-state index in [0.717, 1.165) is 11.1 Å². The third kappa shape index (κ3) is 2.87. The van der Waals surface area contributed by atoms with E-state index in [1.807, 2.05) is 24.3 Å². The Kier molecular flexibility index (Phi) is 4.67. The molecule has 1 saturated heterocycles. The van der Waals surface area contributed by atoms with Gasteiger partial charge in [-0.1, -0.05) is 54.6 Å². The lowest BCUT2D eigenvalue weighted by Gasteiger charge is -2.29. The second-order valence-electron chi connectivity index (χ2n) is 7.39. The van der Waals surface area contributed by atoms with Gasteiger partial charge in [0.05, 0.1) is 0 Å². The summed E-state index contributed by atoms with van der Waals surface area (Å²) in [5.74, 6) is -0.419. The van der Waals surface area contributed by atoms with Crippen molar-refractivity contribution >= 4 is 12.1 Å². The van der Waals surface area contributed by atoms with Gasteiger partial charge in [-0.05, 0) is 42.0 Å². The van der Waals surface area contributed by atoms with Crippen molar-refractivity contribution in [2.24, 2.45) is 0 Å². The Morgan fingerprint density at radius 3 is 2.43 bits per heavy atom. The minimum atomic E-state index is -1.02. The van der Waals surface area contributed by atoms with E-state index in [0.29, 0.717) is 12.8 Å². The van der Waals surface area contributed by atoms with E-state index in [2.05, 4.69) is 30.8 Å². The summed E-state index contributed by atoms with van der Waals surface area (Å²) in [6, 6.07) is 16.4. The fraction of sp³-hybridized carbons (Fsp3) is 0.304. The standard InChI is InChI=1S/C23H23NO4/c1-3-4-13-23(2)21(25)28-15-24(23)22(26)27-14-20-18-11-7-5-9-16(18)17-10-6-8-12-19(17)20/h3,5-12,20H,1,4,13-15H2,2H3. The van der Waals surface area contributed by atoms with Crippen LogP contribution in [-0.4, -0.2) is 35.8 Å². The van der Waals surface area contributed by atoms with E-state index in [1.165, 1.54) is 16.0 Å². The average Bonchev–Trinajstić information content (AvgIpc) is 3.20. The molecule has 1 fully saturated rings. The Morgan fingerprint density at radius 2 is 1.82 bits per heavy atom. The first-order valence-corrected chi connectivity index (χ1v) is 9.47. The quantitative estimate of drug-likeness (QED) is 0.570. The molecule has 1 aliphatic carbocycles. The van der Waals surface area contributed by atoms with E-state index in [4.69, 9.17) is 9.47 Å². The molecule has 1 atom stereocenters. The lowest BCUT2D eigenvalue weighted by Crippen LogP contribution is -2.49. The van der Waals surface area contributed by atoms with Gasteiger partial charge < -0.3 is 9.47 Å². The molecule has 0 N–H and O–H groups in total. The minimum Gasteiger partial charge on any atom is -0.448 e. The minimum absolute atomic E-state index is 0.0185. The summed E-state index contributed by atoms with van der Waals surface area (Å²) < 4.78 is 10.8. The molecule has 1 amide bonds. The SMILES string of the molecule is C=CCCC1(C)C(=O)OCN1C(=O)OCC1c2ccccc2-c2ccccc21. The molecule has 0 radical (unpaired) electrons. The number of fused-ring (bicyclic) bond motifs is 3. The summed E-state index contributed by atoms with van der Waals surface area (Å²) in [6.07, 6.45) is 2.27. The Hall–Kier alpha value is -3.08. The highest BCUT2D eigenvalue weighted by Gasteiger charge is 2.49. The maximum Gasteiger partial charge on any atom is 0.413 e. The van der Waals surface area contributed by atoms with E-state index < -0.39 is 17.6 Å². The summed E-state index contributed by atoms with van der Waals surface area (Å²) in [6.45, 7) is 5.54. The summed E-state index contributed by atoms with van der Waals surface area (Å²) in [7, 11) is 0. The van der Waals surface area contributed by atoms with Gasteiger partial charge in [0.1, 0.15) is 12.1 Å². The van der Waals surface area contributed by atoms with Gasteiger partial charge >= 0.3 is 12.1 Å². The number of ether oxygens (including phenoxy) is 2. The molecule has 0 aromatic heterocycles. The van der Waals surface area contributed by atoms with Gasteiger partial charge in [-0.3, -0.25) is 4.90 Å². The van der Waals surface area contributed by atoms with Gasteiger partial charge in [0.25, 0.3) is 0 Å². The summed E-state index contributed by atoms with van der Waals surface area (Å²) in [5.41, 5.74) is 3.64. The van der Waals surface area contributed by atoms with Crippen molar-refractivity contribution < 1.29 is 19.1 Å². The zero-order valence-electron chi connectivity index (χ0n) is 15.9. The van der Waals surface area contributed by atoms with Crippen LogP contribution in [0, 0.1) is 0 Å². The highest BCUT2D eigenvalue weighted by atomic mass is 16.6. The maximum absolute atomic E-state index is 12.8. The molecule has 0 spiro atoms. The number of hydrogen-bond acceptors (Lipinski definition) is 4. The van der Waals surface area contributed by atoms with Crippen LogP contribution in [0.2, 0.25) is 0 Å². The van der Waals surface area contributed by atoms with Crippen molar-refractivity contribution in [2.45, 2.75) is 31.2 Å². The van der Waals surface area contributed by atoms with E-state index >= 15 is 0 Å². The molecule has 2 aromatic rings. The lowest BCUT2D eigenvalue weighted by molar-refractivity contribution is -0.142. The summed E-state index contributed by atoms with van der Waals surface area (Å²) in [4.78, 5) is 26.4. The molecule has 5 heteroatoms. The van der Waals surface area contributed by atoms with Crippen molar-refractivity contribution in [3.63, 3.8) is 0 Å². The number of nitrogens with zero attached hydrogens (tertiary/aromatic N) is 1. The summed E-state index contributed by atoms with van der Waals surface area (Å²) >= 11 is 0. The average molecular weight is 377 g/mol. The van der Waals surface area contributed by atoms with E-state index in [9.17, 15) is 9.59 Å². The van der Waals surface area contributed by atoms with E-state index in [-0.39, 0.29) is 19.3 Å². The predicted molar refractivity (Wildman–Crippen MR) is 106 cm³/mol. The molecule has 5 nitrogen and oxygen atoms in total. The number of benzene rings is 2. The first-order chi connectivity index (χ1) is 13.6. The normalized spacial score (nSPS) is 20.5. The predicted octanol–water partition coefficient (Wildman–Crippen LogP) is 4.48. The molecule has 1 unspecified atom stereocenters. The van der Waals surface area contributed by atoms with Gasteiger partial charge in [-0.2, -0.15) is 0 Å². The largest absolute Gasteiger partial charge is 0.448 e. The highest BCUT2D eigenvalue weighted by Crippen LogP contribution is 2.44. The zero-order valence-corrected chi connectivity index (χ0v) is 15.9. The van der Waals surface area contributed by atoms with Gasteiger partial charge in [0.2, 0.25) is 0 Å². The second-order valence-corrected chi connectivity index (χ2v) is 7.39. The van der Waals surface area contributed by atoms with Gasteiger partial charge in [0, 0.05) is 5.92 Å². The summed E-state index contributed by atoms with van der Waals surface area (Å²) in [5, 5.41) is 0.